The number of allylic oxidation sites excluding steroid dienone is 1. The van der Waals surface area contributed by atoms with Crippen LogP contribution >= 0.6 is 0 Å². The molecule has 1 aliphatic heterocycles. The maximum absolute atomic E-state index is 2.58. The van der Waals surface area contributed by atoms with Gasteiger partial charge in [-0.3, -0.25) is 0 Å². The molecule has 1 heterocycles. The van der Waals surface area contributed by atoms with E-state index in [1.807, 2.05) is 0 Å². The maximum atomic E-state index is 2.58. The summed E-state index contributed by atoms with van der Waals surface area (Å²) in [6, 6.07) is 22.5. The molecule has 3 rings (SSSR count). The van der Waals surface area contributed by atoms with E-state index in [1.54, 1.807) is 9.06 Å². The van der Waals surface area contributed by atoms with Gasteiger partial charge in [-0.05, 0) is 0 Å². The van der Waals surface area contributed by atoms with Crippen molar-refractivity contribution in [2.45, 2.75) is 46.8 Å². The molecule has 2 aromatic rings. The average molecular weight is 423 g/mol. The van der Waals surface area contributed by atoms with Crippen LogP contribution in [0.5, 0.6) is 0 Å². The van der Waals surface area contributed by atoms with Crippen LogP contribution in [0.3, 0.4) is 0 Å². The first-order valence-electron chi connectivity index (χ1n) is 9.41. The van der Waals surface area contributed by atoms with Crippen molar-refractivity contribution < 1.29 is 0 Å². The van der Waals surface area contributed by atoms with E-state index in [9.17, 15) is 0 Å². The normalized spacial score (nSPS) is 18.2. The van der Waals surface area contributed by atoms with Gasteiger partial charge in [0.25, 0.3) is 0 Å². The molecule has 0 unspecified atom stereocenters. The Labute approximate surface area is 152 Å². The van der Waals surface area contributed by atoms with Crippen LogP contribution in [0, 0.1) is 0 Å². The first kappa shape index (κ1) is 17.9. The summed E-state index contributed by atoms with van der Waals surface area (Å²) in [6.07, 6.45) is 6.71. The monoisotopic (exact) mass is 424 g/mol. The fourth-order valence-electron chi connectivity index (χ4n) is 4.25. The standard InChI is InChI=1S/C19H20B.3CH3.Sn/c1-4-10-17(11-5-1)16-19-14-8-3-9-15-20(19)18-12-6-2-7-13-18;;;;/h1-2,4-7,10-13H,3,8-9,14-15H2;3*1H3;. The molecule has 0 aliphatic carbocycles. The summed E-state index contributed by atoms with van der Waals surface area (Å²) in [5.41, 5.74) is 4.80. The Bertz CT molecular complexity index is 683. The fourth-order valence-corrected chi connectivity index (χ4v) is 10.8. The molecule has 0 spiro atoms. The van der Waals surface area contributed by atoms with E-state index in [0.717, 1.165) is 0 Å². The average Bonchev–Trinajstić information content (AvgIpc) is 2.81. The summed E-state index contributed by atoms with van der Waals surface area (Å²) in [5, 5.41) is 0. The van der Waals surface area contributed by atoms with Crippen LogP contribution < -0.4 is 5.46 Å². The van der Waals surface area contributed by atoms with E-state index in [-0.39, 0.29) is 0 Å². The van der Waals surface area contributed by atoms with Gasteiger partial charge in [0.15, 0.2) is 0 Å². The van der Waals surface area contributed by atoms with Gasteiger partial charge in [-0.25, -0.2) is 0 Å². The van der Waals surface area contributed by atoms with Crippen LogP contribution in [0.25, 0.3) is 3.59 Å². The molecular formula is C22H29BSn. The van der Waals surface area contributed by atoms with Crippen molar-refractivity contribution in [3.8, 4) is 0 Å². The molecule has 2 aromatic carbocycles. The van der Waals surface area contributed by atoms with Gasteiger partial charge in [0.1, 0.15) is 0 Å². The SMILES string of the molecule is [CH3][Sn]([CH3])([CH3])/[C](=C1/CCCCCB1c1ccccc1)c1ccccc1. The molecule has 0 nitrogen and oxygen atoms in total. The van der Waals surface area contributed by atoms with Crippen LogP contribution in [0.2, 0.25) is 21.1 Å². The second kappa shape index (κ2) is 7.95. The van der Waals surface area contributed by atoms with E-state index in [2.05, 4.69) is 75.5 Å². The van der Waals surface area contributed by atoms with Gasteiger partial charge in [0.05, 0.1) is 0 Å². The molecular weight excluding hydrogens is 394 g/mol. The van der Waals surface area contributed by atoms with Gasteiger partial charge in [0.2, 0.25) is 0 Å². The molecule has 0 bridgehead atoms. The molecule has 0 aromatic heterocycles. The first-order valence-corrected chi connectivity index (χ1v) is 19.4. The predicted molar refractivity (Wildman–Crippen MR) is 112 cm³/mol. The third-order valence-electron chi connectivity index (χ3n) is 5.20. The van der Waals surface area contributed by atoms with Gasteiger partial charge >= 0.3 is 153 Å². The molecule has 124 valence electrons. The Morgan fingerprint density at radius 1 is 0.792 bits per heavy atom. The van der Waals surface area contributed by atoms with Crippen molar-refractivity contribution in [1.29, 1.82) is 0 Å². The second-order valence-corrected chi connectivity index (χ2v) is 22.3. The molecule has 24 heavy (non-hydrogen) atoms. The Morgan fingerprint density at radius 3 is 2.04 bits per heavy atom. The van der Waals surface area contributed by atoms with Crippen LogP contribution in [0.1, 0.15) is 31.2 Å². The Kier molecular flexibility index (Phi) is 5.91. The summed E-state index contributed by atoms with van der Waals surface area (Å²) >= 11 is -2.25. The van der Waals surface area contributed by atoms with Crippen LogP contribution in [-0.2, 0) is 0 Å². The number of hydrogen-bond donors (Lipinski definition) is 0. The molecule has 0 radical (unpaired) electrons. The molecule has 1 aliphatic rings. The summed E-state index contributed by atoms with van der Waals surface area (Å²) < 4.78 is 1.78. The van der Waals surface area contributed by atoms with Gasteiger partial charge in [-0.2, -0.15) is 0 Å². The Balaban J connectivity index is 2.18. The minimum absolute atomic E-state index is 0.625. The summed E-state index contributed by atoms with van der Waals surface area (Å²) in [4.78, 5) is 7.74. The van der Waals surface area contributed by atoms with E-state index >= 15 is 0 Å². The Morgan fingerprint density at radius 2 is 1.42 bits per heavy atom. The molecule has 0 N–H and O–H groups in total. The molecule has 0 amide bonds. The van der Waals surface area contributed by atoms with Gasteiger partial charge in [0, 0.05) is 0 Å². The zero-order valence-electron chi connectivity index (χ0n) is 15.4. The van der Waals surface area contributed by atoms with E-state index in [0.29, 0.717) is 6.71 Å². The summed E-state index contributed by atoms with van der Waals surface area (Å²) in [5.74, 6) is 0. The van der Waals surface area contributed by atoms with E-state index in [4.69, 9.17) is 0 Å². The first-order chi connectivity index (χ1) is 11.6. The zero-order valence-corrected chi connectivity index (χ0v) is 18.2. The topological polar surface area (TPSA) is 0 Å². The number of hydrogen-bond acceptors (Lipinski definition) is 0. The third kappa shape index (κ3) is 4.17. The fraction of sp³-hybridized carbons (Fsp3) is 0.364. The van der Waals surface area contributed by atoms with Gasteiger partial charge < -0.3 is 0 Å². The van der Waals surface area contributed by atoms with Crippen molar-refractivity contribution in [2.24, 2.45) is 0 Å². The van der Waals surface area contributed by atoms with Crippen molar-refractivity contribution in [2.75, 3.05) is 0 Å². The number of rotatable bonds is 3. The van der Waals surface area contributed by atoms with Gasteiger partial charge in [-0.15, -0.1) is 0 Å². The summed E-state index contributed by atoms with van der Waals surface area (Å²) in [7, 11) is 0. The van der Waals surface area contributed by atoms with Gasteiger partial charge in [-0.1, -0.05) is 0 Å². The second-order valence-electron chi connectivity index (χ2n) is 8.08. The van der Waals surface area contributed by atoms with E-state index in [1.165, 1.54) is 43.0 Å². The minimum atomic E-state index is -2.25. The molecule has 2 heteroatoms. The van der Waals surface area contributed by atoms with Crippen molar-refractivity contribution >= 4 is 34.1 Å². The molecule has 0 atom stereocenters. The predicted octanol–water partition coefficient (Wildman–Crippen LogP) is 5.83. The van der Waals surface area contributed by atoms with Crippen molar-refractivity contribution in [3.05, 3.63) is 71.7 Å². The summed E-state index contributed by atoms with van der Waals surface area (Å²) in [6.45, 7) is 0.625. The zero-order chi connectivity index (χ0) is 17.0. The van der Waals surface area contributed by atoms with Crippen LogP contribution in [-0.4, -0.2) is 25.1 Å². The number of benzene rings is 2. The molecule has 1 fully saturated rings. The van der Waals surface area contributed by atoms with Crippen molar-refractivity contribution in [3.63, 3.8) is 0 Å². The van der Waals surface area contributed by atoms with Crippen LogP contribution in [0.4, 0.5) is 0 Å². The Hall–Kier alpha value is -0.956. The van der Waals surface area contributed by atoms with E-state index < -0.39 is 18.4 Å². The van der Waals surface area contributed by atoms with Crippen molar-refractivity contribution in [1.82, 2.24) is 0 Å². The molecule has 0 saturated carbocycles. The third-order valence-corrected chi connectivity index (χ3v) is 11.2. The quantitative estimate of drug-likeness (QED) is 0.545. The van der Waals surface area contributed by atoms with Crippen LogP contribution in [0.15, 0.2) is 66.1 Å². The molecule has 1 saturated heterocycles.